The van der Waals surface area contributed by atoms with Crippen LogP contribution in [-0.4, -0.2) is 64.3 Å². The number of ketones is 1. The molecule has 9 heteroatoms. The molecular formula is C33H40F2N2O4Si. The van der Waals surface area contributed by atoms with Gasteiger partial charge in [-0.25, -0.2) is 8.78 Å². The first-order chi connectivity index (χ1) is 19.8. The molecule has 224 valence electrons. The van der Waals surface area contributed by atoms with Crippen molar-refractivity contribution < 1.29 is 27.5 Å². The molecule has 1 amide bonds. The van der Waals surface area contributed by atoms with Crippen molar-refractivity contribution in [1.82, 2.24) is 4.90 Å². The van der Waals surface area contributed by atoms with Crippen LogP contribution < -0.4 is 15.3 Å². The van der Waals surface area contributed by atoms with Gasteiger partial charge in [0.05, 0.1) is 30.1 Å². The number of nitrogens with zero attached hydrogens (tertiary/aromatic N) is 2. The fourth-order valence-electron chi connectivity index (χ4n) is 5.91. The third kappa shape index (κ3) is 6.04. The Kier molecular flexibility index (Phi) is 9.35. The van der Waals surface area contributed by atoms with Crippen LogP contribution in [0.3, 0.4) is 0 Å². The van der Waals surface area contributed by atoms with E-state index in [4.69, 9.17) is 9.16 Å². The van der Waals surface area contributed by atoms with Gasteiger partial charge in [0.2, 0.25) is 0 Å². The lowest BCUT2D eigenvalue weighted by atomic mass is 10.0. The Morgan fingerprint density at radius 3 is 1.88 bits per heavy atom. The van der Waals surface area contributed by atoms with Crippen molar-refractivity contribution in [2.24, 2.45) is 0 Å². The highest BCUT2D eigenvalue weighted by Crippen LogP contribution is 2.39. The normalized spacial score (nSPS) is 17.7. The number of ether oxygens (including phenoxy) is 1. The number of likely N-dealkylation sites (N-methyl/N-ethyl adjacent to an activating group) is 1. The largest absolute Gasteiger partial charge is 0.403 e. The number of rotatable bonds is 8. The quantitative estimate of drug-likeness (QED) is 0.211. The molecule has 2 atom stereocenters. The summed E-state index contributed by atoms with van der Waals surface area (Å²) in [4.78, 5) is 28.4. The second-order valence-corrected chi connectivity index (χ2v) is 16.5. The molecule has 2 unspecified atom stereocenters. The summed E-state index contributed by atoms with van der Waals surface area (Å²) in [5, 5.41) is 1.69. The molecule has 0 spiro atoms. The van der Waals surface area contributed by atoms with E-state index in [2.05, 4.69) is 20.8 Å². The maximum Gasteiger partial charge on any atom is 0.294 e. The number of hydrogen-bond donors (Lipinski definition) is 0. The predicted octanol–water partition coefficient (Wildman–Crippen LogP) is 4.93. The molecule has 0 aliphatic carbocycles. The van der Waals surface area contributed by atoms with Gasteiger partial charge in [0.15, 0.2) is 11.6 Å². The smallest absolute Gasteiger partial charge is 0.294 e. The number of Topliss-reactive ketones (excluding diaryl/α,β-unsaturated/α-hetero) is 1. The van der Waals surface area contributed by atoms with Gasteiger partial charge >= 0.3 is 0 Å². The van der Waals surface area contributed by atoms with Crippen molar-refractivity contribution in [2.75, 3.05) is 32.1 Å². The molecule has 0 radical (unpaired) electrons. The lowest BCUT2D eigenvalue weighted by Gasteiger charge is -2.43. The first kappa shape index (κ1) is 31.5. The molecule has 1 aliphatic rings. The molecule has 0 N–H and O–H groups in total. The standard InChI is InChI=1S/C33H40F2N2O4Si/c1-22-19-37(20-23(2)41-22)30-24(18-27(28(34)29(30)35)31(38)32(39)36(6)7)21-40-42(33(3,4)5,25-14-10-8-11-15-25)26-16-12-9-13-17-26/h8-18,22-23H,19-21H2,1-7H3. The Morgan fingerprint density at radius 2 is 1.43 bits per heavy atom. The highest BCUT2D eigenvalue weighted by Gasteiger charge is 2.50. The highest BCUT2D eigenvalue weighted by molar-refractivity contribution is 6.99. The monoisotopic (exact) mass is 594 g/mol. The highest BCUT2D eigenvalue weighted by atomic mass is 28.4. The van der Waals surface area contributed by atoms with E-state index in [1.165, 1.54) is 20.2 Å². The van der Waals surface area contributed by atoms with Gasteiger partial charge in [-0.05, 0) is 35.3 Å². The Labute approximate surface area is 248 Å². The summed E-state index contributed by atoms with van der Waals surface area (Å²) in [6, 6.07) is 21.3. The average molecular weight is 595 g/mol. The van der Waals surface area contributed by atoms with E-state index >= 15 is 8.78 Å². The van der Waals surface area contributed by atoms with Crippen molar-refractivity contribution in [3.63, 3.8) is 0 Å². The van der Waals surface area contributed by atoms with E-state index < -0.39 is 37.2 Å². The number of anilines is 1. The summed E-state index contributed by atoms with van der Waals surface area (Å²) in [7, 11) is -0.276. The summed E-state index contributed by atoms with van der Waals surface area (Å²) in [6.45, 7) is 10.7. The first-order valence-electron chi connectivity index (χ1n) is 14.2. The van der Waals surface area contributed by atoms with Crippen LogP contribution in [0.4, 0.5) is 14.5 Å². The van der Waals surface area contributed by atoms with Crippen LogP contribution in [0.15, 0.2) is 66.7 Å². The number of morpholine rings is 1. The number of carbonyl (C=O) groups excluding carboxylic acids is 2. The lowest BCUT2D eigenvalue weighted by molar-refractivity contribution is -0.124. The summed E-state index contributed by atoms with van der Waals surface area (Å²) in [6.07, 6.45) is -0.448. The second-order valence-electron chi connectivity index (χ2n) is 12.2. The summed E-state index contributed by atoms with van der Waals surface area (Å²) in [5.74, 6) is -4.56. The predicted molar refractivity (Wildman–Crippen MR) is 164 cm³/mol. The van der Waals surface area contributed by atoms with Gasteiger partial charge in [0.1, 0.15) is 0 Å². The fourth-order valence-corrected chi connectivity index (χ4v) is 10.4. The molecule has 3 aromatic carbocycles. The molecule has 1 aliphatic heterocycles. The molecular weight excluding hydrogens is 554 g/mol. The van der Waals surface area contributed by atoms with E-state index in [9.17, 15) is 9.59 Å². The lowest BCUT2D eigenvalue weighted by Crippen LogP contribution is -2.66. The van der Waals surface area contributed by atoms with Gasteiger partial charge in [-0.3, -0.25) is 9.59 Å². The second kappa shape index (κ2) is 12.4. The number of halogens is 2. The van der Waals surface area contributed by atoms with Crippen molar-refractivity contribution in [2.45, 2.75) is 58.5 Å². The molecule has 42 heavy (non-hydrogen) atoms. The minimum absolute atomic E-state index is 0.0290. The topological polar surface area (TPSA) is 59.1 Å². The van der Waals surface area contributed by atoms with Crippen LogP contribution in [0, 0.1) is 11.6 Å². The number of carbonyl (C=O) groups is 2. The van der Waals surface area contributed by atoms with Gasteiger partial charge in [-0.1, -0.05) is 81.4 Å². The zero-order valence-electron chi connectivity index (χ0n) is 25.4. The van der Waals surface area contributed by atoms with Crippen LogP contribution >= 0.6 is 0 Å². The molecule has 0 saturated carbocycles. The maximum atomic E-state index is 16.1. The van der Waals surface area contributed by atoms with Crippen LogP contribution in [-0.2, 0) is 20.6 Å². The van der Waals surface area contributed by atoms with Gasteiger partial charge in [-0.2, -0.15) is 0 Å². The van der Waals surface area contributed by atoms with E-state index in [-0.39, 0.29) is 29.5 Å². The van der Waals surface area contributed by atoms with Gasteiger partial charge in [0.25, 0.3) is 20.0 Å². The van der Waals surface area contributed by atoms with E-state index in [0.717, 1.165) is 15.3 Å². The molecule has 4 rings (SSSR count). The first-order valence-corrected chi connectivity index (χ1v) is 16.1. The van der Waals surface area contributed by atoms with Crippen LogP contribution in [0.1, 0.15) is 50.5 Å². The number of amides is 1. The molecule has 0 bridgehead atoms. The molecule has 6 nitrogen and oxygen atoms in total. The molecule has 0 aromatic heterocycles. The van der Waals surface area contributed by atoms with E-state index in [1.54, 1.807) is 4.90 Å². The number of hydrogen-bond acceptors (Lipinski definition) is 5. The van der Waals surface area contributed by atoms with Crippen molar-refractivity contribution in [3.05, 3.63) is 89.5 Å². The summed E-state index contributed by atoms with van der Waals surface area (Å²) < 4.78 is 44.6. The molecule has 1 fully saturated rings. The Hall–Kier alpha value is -3.40. The summed E-state index contributed by atoms with van der Waals surface area (Å²) in [5.41, 5.74) is -0.273. The Morgan fingerprint density at radius 1 is 0.929 bits per heavy atom. The third-order valence-electron chi connectivity index (χ3n) is 7.70. The Balaban J connectivity index is 1.92. The van der Waals surface area contributed by atoms with Crippen molar-refractivity contribution in [1.29, 1.82) is 0 Å². The van der Waals surface area contributed by atoms with Gasteiger partial charge < -0.3 is 19.0 Å². The molecule has 3 aromatic rings. The van der Waals surface area contributed by atoms with Crippen molar-refractivity contribution in [3.8, 4) is 0 Å². The minimum atomic E-state index is -3.07. The Bertz CT molecular complexity index is 1380. The molecule has 1 saturated heterocycles. The zero-order valence-corrected chi connectivity index (χ0v) is 26.4. The van der Waals surface area contributed by atoms with Gasteiger partial charge in [-0.15, -0.1) is 0 Å². The van der Waals surface area contributed by atoms with Crippen LogP contribution in [0.2, 0.25) is 5.04 Å². The summed E-state index contributed by atoms with van der Waals surface area (Å²) >= 11 is 0. The maximum absolute atomic E-state index is 16.1. The fraction of sp³-hybridized carbons (Fsp3) is 0.394. The van der Waals surface area contributed by atoms with Crippen molar-refractivity contribution >= 4 is 36.1 Å². The van der Waals surface area contributed by atoms with Crippen LogP contribution in [0.25, 0.3) is 0 Å². The zero-order chi connectivity index (χ0) is 30.8. The van der Waals surface area contributed by atoms with E-state index in [0.29, 0.717) is 18.7 Å². The third-order valence-corrected chi connectivity index (χ3v) is 12.7. The average Bonchev–Trinajstić information content (AvgIpc) is 2.94. The minimum Gasteiger partial charge on any atom is -0.403 e. The number of benzene rings is 3. The van der Waals surface area contributed by atoms with E-state index in [1.807, 2.05) is 74.5 Å². The van der Waals surface area contributed by atoms with Gasteiger partial charge in [0, 0.05) is 32.7 Å². The SMILES string of the molecule is CC1CN(c2c(CO[Si](c3ccccc3)(c3ccccc3)C(C)(C)C)cc(C(=O)C(=O)N(C)C)c(F)c2F)CC(C)O1. The molecule has 1 heterocycles. The van der Waals surface area contributed by atoms with Crippen LogP contribution in [0.5, 0.6) is 0 Å².